The fourth-order valence-electron chi connectivity index (χ4n) is 2.09. The number of amides is 2. The first-order valence-electron chi connectivity index (χ1n) is 6.10. The number of nitrogens with zero attached hydrogens (tertiary/aromatic N) is 2. The molecule has 0 aromatic heterocycles. The topological polar surface area (TPSA) is 60.9 Å². The lowest BCUT2D eigenvalue weighted by Gasteiger charge is -2.34. The summed E-state index contributed by atoms with van der Waals surface area (Å²) in [5.74, 6) is -0.0653. The van der Waals surface area contributed by atoms with Crippen LogP contribution in [0.25, 0.3) is 0 Å². The molecule has 5 nitrogen and oxygen atoms in total. The molecule has 2 unspecified atom stereocenters. The van der Waals surface area contributed by atoms with E-state index < -0.39 is 0 Å². The molecule has 0 saturated carbocycles. The maximum absolute atomic E-state index is 12.1. The molecule has 0 aromatic rings. The van der Waals surface area contributed by atoms with E-state index in [1.807, 2.05) is 6.92 Å². The molecule has 1 aliphatic rings. The highest BCUT2D eigenvalue weighted by molar-refractivity contribution is 5.80. The molecule has 98 valence electrons. The van der Waals surface area contributed by atoms with Crippen molar-refractivity contribution in [2.24, 2.45) is 5.92 Å². The van der Waals surface area contributed by atoms with Crippen LogP contribution in [0.5, 0.6) is 0 Å². The van der Waals surface area contributed by atoms with Gasteiger partial charge in [0.15, 0.2) is 0 Å². The van der Waals surface area contributed by atoms with Crippen molar-refractivity contribution < 1.29 is 14.7 Å². The fourth-order valence-corrected chi connectivity index (χ4v) is 2.09. The van der Waals surface area contributed by atoms with Gasteiger partial charge in [-0.25, -0.2) is 0 Å². The summed E-state index contributed by atoms with van der Waals surface area (Å²) in [6.45, 7) is 4.57. The van der Waals surface area contributed by atoms with Crippen LogP contribution in [0, 0.1) is 5.92 Å². The summed E-state index contributed by atoms with van der Waals surface area (Å²) in [4.78, 5) is 26.7. The van der Waals surface area contributed by atoms with Gasteiger partial charge >= 0.3 is 0 Å². The van der Waals surface area contributed by atoms with Crippen molar-refractivity contribution in [3.63, 3.8) is 0 Å². The van der Waals surface area contributed by atoms with Gasteiger partial charge < -0.3 is 14.9 Å². The zero-order valence-electron chi connectivity index (χ0n) is 10.8. The molecule has 1 saturated heterocycles. The molecule has 1 aliphatic heterocycles. The van der Waals surface area contributed by atoms with E-state index in [0.29, 0.717) is 6.54 Å². The smallest absolute Gasteiger partial charge is 0.227 e. The van der Waals surface area contributed by atoms with Crippen LogP contribution in [0.15, 0.2) is 0 Å². The van der Waals surface area contributed by atoms with Gasteiger partial charge in [0.1, 0.15) is 0 Å². The number of hydrogen-bond donors (Lipinski definition) is 1. The number of likely N-dealkylation sites (tertiary alicyclic amines) is 1. The Labute approximate surface area is 102 Å². The highest BCUT2D eigenvalue weighted by Crippen LogP contribution is 2.19. The zero-order valence-corrected chi connectivity index (χ0v) is 10.8. The number of piperidine rings is 1. The van der Waals surface area contributed by atoms with Crippen LogP contribution in [-0.2, 0) is 9.59 Å². The van der Waals surface area contributed by atoms with Crippen LogP contribution in [-0.4, -0.2) is 59.5 Å². The van der Waals surface area contributed by atoms with E-state index in [4.69, 9.17) is 5.11 Å². The molecule has 1 rings (SSSR count). The lowest BCUT2D eigenvalue weighted by Crippen LogP contribution is -2.47. The van der Waals surface area contributed by atoms with E-state index in [1.54, 1.807) is 16.8 Å². The first kappa shape index (κ1) is 14.0. The van der Waals surface area contributed by atoms with Crippen LogP contribution in [0.1, 0.15) is 26.7 Å². The van der Waals surface area contributed by atoms with Crippen molar-refractivity contribution in [2.75, 3.05) is 26.7 Å². The van der Waals surface area contributed by atoms with Gasteiger partial charge in [-0.1, -0.05) is 0 Å². The normalized spacial score (nSPS) is 22.1. The Hall–Kier alpha value is -1.10. The largest absolute Gasteiger partial charge is 0.394 e. The second-order valence-electron chi connectivity index (χ2n) is 4.78. The molecule has 1 fully saturated rings. The maximum atomic E-state index is 12.1. The summed E-state index contributed by atoms with van der Waals surface area (Å²) in [6.07, 6.45) is 1.70. The number of likely N-dealkylation sites (N-methyl/N-ethyl adjacent to an activating group) is 1. The van der Waals surface area contributed by atoms with Crippen molar-refractivity contribution in [2.45, 2.75) is 32.7 Å². The Morgan fingerprint density at radius 3 is 2.71 bits per heavy atom. The maximum Gasteiger partial charge on any atom is 0.227 e. The van der Waals surface area contributed by atoms with Gasteiger partial charge in [-0.15, -0.1) is 0 Å². The van der Waals surface area contributed by atoms with Crippen LogP contribution >= 0.6 is 0 Å². The van der Waals surface area contributed by atoms with Gasteiger partial charge in [0, 0.05) is 27.1 Å². The molecule has 2 amide bonds. The van der Waals surface area contributed by atoms with Crippen molar-refractivity contribution in [1.29, 1.82) is 0 Å². The number of aliphatic hydroxyl groups is 1. The molecule has 0 radical (unpaired) electrons. The van der Waals surface area contributed by atoms with Gasteiger partial charge in [-0.3, -0.25) is 9.59 Å². The number of aliphatic hydroxyl groups excluding tert-OH is 1. The number of rotatable bonds is 3. The average Bonchev–Trinajstić information content (AvgIpc) is 2.36. The van der Waals surface area contributed by atoms with E-state index in [9.17, 15) is 9.59 Å². The monoisotopic (exact) mass is 242 g/mol. The van der Waals surface area contributed by atoms with E-state index in [0.717, 1.165) is 19.4 Å². The highest BCUT2D eigenvalue weighted by Gasteiger charge is 2.30. The molecule has 0 aliphatic carbocycles. The van der Waals surface area contributed by atoms with Crippen molar-refractivity contribution >= 4 is 11.8 Å². The Kier molecular flexibility index (Phi) is 4.93. The lowest BCUT2D eigenvalue weighted by molar-refractivity contribution is -0.141. The third-order valence-corrected chi connectivity index (χ3v) is 3.49. The predicted molar refractivity (Wildman–Crippen MR) is 64.3 cm³/mol. The number of carbonyl (C=O) groups excluding carboxylic acids is 2. The van der Waals surface area contributed by atoms with Crippen LogP contribution in [0.3, 0.4) is 0 Å². The minimum atomic E-state index is -0.171. The Morgan fingerprint density at radius 2 is 2.18 bits per heavy atom. The first-order valence-corrected chi connectivity index (χ1v) is 6.10. The third kappa shape index (κ3) is 3.43. The highest BCUT2D eigenvalue weighted by atomic mass is 16.3. The standard InChI is InChI=1S/C12H22N2O3/c1-9(8-15)13(3)12(17)11-5-4-6-14(7-11)10(2)16/h9,11,15H,4-8H2,1-3H3. The molecule has 5 heteroatoms. The molecule has 2 atom stereocenters. The van der Waals surface area contributed by atoms with E-state index in [1.165, 1.54) is 6.92 Å². The summed E-state index contributed by atoms with van der Waals surface area (Å²) < 4.78 is 0. The second-order valence-corrected chi connectivity index (χ2v) is 4.78. The van der Waals surface area contributed by atoms with Crippen LogP contribution in [0.4, 0.5) is 0 Å². The Morgan fingerprint density at radius 1 is 1.53 bits per heavy atom. The molecule has 1 heterocycles. The SMILES string of the molecule is CC(=O)N1CCCC(C(=O)N(C)C(C)CO)C1. The second kappa shape index (κ2) is 6.00. The molecule has 17 heavy (non-hydrogen) atoms. The van der Waals surface area contributed by atoms with Crippen molar-refractivity contribution in [3.8, 4) is 0 Å². The predicted octanol–water partition coefficient (Wildman–Crippen LogP) is 0.0841. The van der Waals surface area contributed by atoms with Gasteiger partial charge in [0.25, 0.3) is 0 Å². The summed E-state index contributed by atoms with van der Waals surface area (Å²) >= 11 is 0. The molecule has 0 aromatic carbocycles. The van der Waals surface area contributed by atoms with E-state index in [-0.39, 0.29) is 30.4 Å². The number of carbonyl (C=O) groups is 2. The van der Waals surface area contributed by atoms with Crippen molar-refractivity contribution in [1.82, 2.24) is 9.80 Å². The molecule has 0 bridgehead atoms. The van der Waals surface area contributed by atoms with Crippen LogP contribution in [0.2, 0.25) is 0 Å². The minimum Gasteiger partial charge on any atom is -0.394 e. The van der Waals surface area contributed by atoms with E-state index >= 15 is 0 Å². The first-order chi connectivity index (χ1) is 7.97. The Bertz CT molecular complexity index is 293. The molecule has 1 N–H and O–H groups in total. The summed E-state index contributed by atoms with van der Waals surface area (Å²) in [5.41, 5.74) is 0. The van der Waals surface area contributed by atoms with Crippen LogP contribution < -0.4 is 0 Å². The minimum absolute atomic E-state index is 0.0255. The van der Waals surface area contributed by atoms with Gasteiger partial charge in [-0.2, -0.15) is 0 Å². The quantitative estimate of drug-likeness (QED) is 0.762. The Balaban J connectivity index is 2.60. The zero-order chi connectivity index (χ0) is 13.0. The molecule has 0 spiro atoms. The average molecular weight is 242 g/mol. The molecular formula is C12H22N2O3. The summed E-state index contributed by atoms with van der Waals surface area (Å²) in [6, 6.07) is -0.171. The van der Waals surface area contributed by atoms with Gasteiger partial charge in [0.2, 0.25) is 11.8 Å². The summed E-state index contributed by atoms with van der Waals surface area (Å²) in [5, 5.41) is 9.03. The summed E-state index contributed by atoms with van der Waals surface area (Å²) in [7, 11) is 1.70. The van der Waals surface area contributed by atoms with E-state index in [2.05, 4.69) is 0 Å². The van der Waals surface area contributed by atoms with Gasteiger partial charge in [-0.05, 0) is 19.8 Å². The van der Waals surface area contributed by atoms with Crippen molar-refractivity contribution in [3.05, 3.63) is 0 Å². The number of hydrogen-bond acceptors (Lipinski definition) is 3. The molecular weight excluding hydrogens is 220 g/mol. The third-order valence-electron chi connectivity index (χ3n) is 3.49. The lowest BCUT2D eigenvalue weighted by atomic mass is 9.96. The fraction of sp³-hybridized carbons (Fsp3) is 0.833. The van der Waals surface area contributed by atoms with Gasteiger partial charge in [0.05, 0.1) is 18.6 Å².